The molecule has 3 aromatic rings. The lowest BCUT2D eigenvalue weighted by molar-refractivity contribution is 0.554. The molecule has 4 heteroatoms. The summed E-state index contributed by atoms with van der Waals surface area (Å²) in [5.41, 5.74) is 12.2. The minimum absolute atomic E-state index is 0.358. The van der Waals surface area contributed by atoms with Crippen LogP contribution in [0.15, 0.2) is 72.8 Å². The van der Waals surface area contributed by atoms with E-state index in [0.29, 0.717) is 6.42 Å². The van der Waals surface area contributed by atoms with Crippen LogP contribution in [0.5, 0.6) is 0 Å². The molecule has 0 bridgehead atoms. The number of benzene rings is 3. The third kappa shape index (κ3) is 4.59. The third-order valence-electron chi connectivity index (χ3n) is 5.00. The first kappa shape index (κ1) is 20.4. The van der Waals surface area contributed by atoms with Crippen LogP contribution in [0.1, 0.15) is 25.0 Å². The van der Waals surface area contributed by atoms with E-state index in [1.165, 1.54) is 0 Å². The zero-order valence-corrected chi connectivity index (χ0v) is 17.6. The first-order valence-electron chi connectivity index (χ1n) is 9.73. The molecule has 0 spiro atoms. The Bertz CT molecular complexity index is 991. The van der Waals surface area contributed by atoms with E-state index in [9.17, 15) is 5.26 Å². The van der Waals surface area contributed by atoms with E-state index >= 15 is 0 Å². The molecule has 0 radical (unpaired) electrons. The van der Waals surface area contributed by atoms with Crippen molar-refractivity contribution in [2.24, 2.45) is 5.73 Å². The molecule has 0 aliphatic heterocycles. The van der Waals surface area contributed by atoms with Gasteiger partial charge in [0, 0.05) is 36.7 Å². The van der Waals surface area contributed by atoms with Crippen LogP contribution in [0.4, 0.5) is 22.7 Å². The Morgan fingerprint density at radius 2 is 1.34 bits per heavy atom. The van der Waals surface area contributed by atoms with Crippen LogP contribution in [0.25, 0.3) is 0 Å². The van der Waals surface area contributed by atoms with Crippen molar-refractivity contribution in [1.82, 2.24) is 0 Å². The Morgan fingerprint density at radius 3 is 1.86 bits per heavy atom. The van der Waals surface area contributed by atoms with E-state index in [2.05, 4.69) is 70.5 Å². The number of nitrogens with two attached hydrogens (primary N) is 1. The second-order valence-electron chi connectivity index (χ2n) is 7.98. The normalized spacial score (nSPS) is 11.0. The van der Waals surface area contributed by atoms with Crippen molar-refractivity contribution in [2.75, 3.05) is 23.9 Å². The Kier molecular flexibility index (Phi) is 5.91. The van der Waals surface area contributed by atoms with Gasteiger partial charge in [0.15, 0.2) is 0 Å². The van der Waals surface area contributed by atoms with E-state index in [-0.39, 0.29) is 0 Å². The molecule has 148 valence electrons. The van der Waals surface area contributed by atoms with Gasteiger partial charge < -0.3 is 15.5 Å². The van der Waals surface area contributed by atoms with Crippen LogP contribution < -0.4 is 15.5 Å². The highest BCUT2D eigenvalue weighted by Gasteiger charge is 2.18. The summed E-state index contributed by atoms with van der Waals surface area (Å²) in [5, 5.41) is 9.30. The van der Waals surface area contributed by atoms with Gasteiger partial charge in [-0.25, -0.2) is 0 Å². The Balaban J connectivity index is 2.13. The Hall–Kier alpha value is -3.29. The average molecular weight is 385 g/mol. The predicted octanol–water partition coefficient (Wildman–Crippen LogP) is 5.48. The number of nitriles is 1. The molecule has 3 aromatic carbocycles. The molecule has 0 aliphatic rings. The van der Waals surface area contributed by atoms with Crippen molar-refractivity contribution in [1.29, 1.82) is 5.26 Å². The number of hydrogen-bond donors (Lipinski definition) is 1. The standard InChI is InChI=1S/C25H28N4/c1-25(2,27)20-9-11-22(12-10-20)29(23-15-13-21(14-16-23)28(3)4)24-8-6-5-7-19(24)17-18-26/h5-16H,17,27H2,1-4H3. The van der Waals surface area contributed by atoms with Crippen LogP contribution >= 0.6 is 0 Å². The fourth-order valence-corrected chi connectivity index (χ4v) is 3.33. The zero-order chi connectivity index (χ0) is 21.0. The number of nitrogens with zero attached hydrogens (tertiary/aromatic N) is 3. The van der Waals surface area contributed by atoms with Crippen LogP contribution in [0, 0.1) is 11.3 Å². The summed E-state index contributed by atoms with van der Waals surface area (Å²) in [6, 6.07) is 27.1. The summed E-state index contributed by atoms with van der Waals surface area (Å²) in [5.74, 6) is 0. The lowest BCUT2D eigenvalue weighted by atomic mass is 9.95. The second-order valence-corrected chi connectivity index (χ2v) is 7.98. The number of para-hydroxylation sites is 1. The first-order valence-corrected chi connectivity index (χ1v) is 9.73. The van der Waals surface area contributed by atoms with E-state index in [4.69, 9.17) is 5.73 Å². The lowest BCUT2D eigenvalue weighted by Gasteiger charge is -2.28. The summed E-state index contributed by atoms with van der Waals surface area (Å²) >= 11 is 0. The fraction of sp³-hybridized carbons (Fsp3) is 0.240. The SMILES string of the molecule is CN(C)c1ccc(N(c2ccc(C(C)(C)N)cc2)c2ccccc2CC#N)cc1. The Morgan fingerprint density at radius 1 is 0.828 bits per heavy atom. The maximum absolute atomic E-state index is 9.30. The Labute approximate surface area is 173 Å². The van der Waals surface area contributed by atoms with Gasteiger partial charge in [-0.15, -0.1) is 0 Å². The number of rotatable bonds is 6. The van der Waals surface area contributed by atoms with Crippen molar-refractivity contribution in [3.8, 4) is 6.07 Å². The molecule has 0 saturated carbocycles. The molecule has 0 fully saturated rings. The molecule has 0 atom stereocenters. The third-order valence-corrected chi connectivity index (χ3v) is 5.00. The molecule has 0 aliphatic carbocycles. The largest absolute Gasteiger partial charge is 0.378 e. The molecule has 0 amide bonds. The minimum atomic E-state index is -0.393. The van der Waals surface area contributed by atoms with Crippen LogP contribution in [0.2, 0.25) is 0 Å². The molecule has 0 unspecified atom stereocenters. The fourth-order valence-electron chi connectivity index (χ4n) is 3.33. The number of hydrogen-bond acceptors (Lipinski definition) is 4. The molecular formula is C25H28N4. The molecule has 29 heavy (non-hydrogen) atoms. The van der Waals surface area contributed by atoms with Gasteiger partial charge in [0.1, 0.15) is 0 Å². The summed E-state index contributed by atoms with van der Waals surface area (Å²) in [6.07, 6.45) is 0.358. The molecule has 0 saturated heterocycles. The summed E-state index contributed by atoms with van der Waals surface area (Å²) < 4.78 is 0. The lowest BCUT2D eigenvalue weighted by Crippen LogP contribution is -2.28. The molecule has 0 heterocycles. The summed E-state index contributed by atoms with van der Waals surface area (Å²) in [7, 11) is 4.06. The summed E-state index contributed by atoms with van der Waals surface area (Å²) in [6.45, 7) is 4.00. The van der Waals surface area contributed by atoms with Gasteiger partial charge in [-0.2, -0.15) is 5.26 Å². The predicted molar refractivity (Wildman–Crippen MR) is 122 cm³/mol. The van der Waals surface area contributed by atoms with Crippen molar-refractivity contribution in [3.63, 3.8) is 0 Å². The highest BCUT2D eigenvalue weighted by molar-refractivity contribution is 5.79. The maximum Gasteiger partial charge on any atom is 0.0670 e. The van der Waals surface area contributed by atoms with E-state index < -0.39 is 5.54 Å². The molecule has 3 rings (SSSR count). The van der Waals surface area contributed by atoms with Gasteiger partial charge in [-0.3, -0.25) is 0 Å². The highest BCUT2D eigenvalue weighted by atomic mass is 15.1. The van der Waals surface area contributed by atoms with E-state index in [0.717, 1.165) is 33.9 Å². The van der Waals surface area contributed by atoms with Gasteiger partial charge in [0.2, 0.25) is 0 Å². The van der Waals surface area contributed by atoms with Crippen molar-refractivity contribution in [3.05, 3.63) is 83.9 Å². The quantitative estimate of drug-likeness (QED) is 0.611. The van der Waals surface area contributed by atoms with Crippen molar-refractivity contribution >= 4 is 22.7 Å². The molecule has 4 nitrogen and oxygen atoms in total. The topological polar surface area (TPSA) is 56.3 Å². The van der Waals surface area contributed by atoms with Crippen molar-refractivity contribution in [2.45, 2.75) is 25.8 Å². The minimum Gasteiger partial charge on any atom is -0.378 e. The van der Waals surface area contributed by atoms with Gasteiger partial charge in [0.25, 0.3) is 0 Å². The van der Waals surface area contributed by atoms with Gasteiger partial charge in [-0.1, -0.05) is 30.3 Å². The van der Waals surface area contributed by atoms with Crippen LogP contribution in [-0.2, 0) is 12.0 Å². The molecule has 0 aromatic heterocycles. The molecule has 2 N–H and O–H groups in total. The van der Waals surface area contributed by atoms with Gasteiger partial charge in [-0.05, 0) is 67.4 Å². The van der Waals surface area contributed by atoms with Crippen molar-refractivity contribution < 1.29 is 0 Å². The molecular weight excluding hydrogens is 356 g/mol. The zero-order valence-electron chi connectivity index (χ0n) is 17.6. The average Bonchev–Trinajstić information content (AvgIpc) is 2.70. The van der Waals surface area contributed by atoms with Crippen LogP contribution in [0.3, 0.4) is 0 Å². The van der Waals surface area contributed by atoms with E-state index in [1.54, 1.807) is 0 Å². The summed E-state index contributed by atoms with van der Waals surface area (Å²) in [4.78, 5) is 4.27. The van der Waals surface area contributed by atoms with Crippen LogP contribution in [-0.4, -0.2) is 14.1 Å². The maximum atomic E-state index is 9.30. The van der Waals surface area contributed by atoms with E-state index in [1.807, 2.05) is 46.1 Å². The van der Waals surface area contributed by atoms with Gasteiger partial charge in [0.05, 0.1) is 18.2 Å². The highest BCUT2D eigenvalue weighted by Crippen LogP contribution is 2.38. The number of anilines is 4. The first-order chi connectivity index (χ1) is 13.8. The smallest absolute Gasteiger partial charge is 0.0670 e. The van der Waals surface area contributed by atoms with Gasteiger partial charge >= 0.3 is 0 Å². The monoisotopic (exact) mass is 384 g/mol. The second kappa shape index (κ2) is 8.38.